The van der Waals surface area contributed by atoms with Crippen molar-refractivity contribution in [1.29, 1.82) is 0 Å². The van der Waals surface area contributed by atoms with Crippen molar-refractivity contribution in [2.24, 2.45) is 35.5 Å². The minimum atomic E-state index is -0.0505. The molecule has 4 aliphatic rings. The zero-order valence-electron chi connectivity index (χ0n) is 16.9. The molecular formula is C25H30O4. The van der Waals surface area contributed by atoms with Crippen LogP contribution in [0.2, 0.25) is 0 Å². The predicted octanol–water partition coefficient (Wildman–Crippen LogP) is 4.22. The molecule has 0 bridgehead atoms. The molecule has 2 fully saturated rings. The summed E-state index contributed by atoms with van der Waals surface area (Å²) < 4.78 is 0. The van der Waals surface area contributed by atoms with Crippen LogP contribution in [0.1, 0.15) is 44.9 Å². The van der Waals surface area contributed by atoms with Crippen molar-refractivity contribution < 1.29 is 19.2 Å². The standard InChI is InChI=1S/C13H16O2.C12H14O2/c1-2-3-5-9-6-4-7-10-11(14)8-12(15)13(9)10;1-2-4-8-5-3-6-9-10(13)7-11(14)12(8)9/h2,4,6,9-10,13H,1,3,5,7-8H2;2-3,5,8-9,12H,1,4,6-7H2. The van der Waals surface area contributed by atoms with Crippen LogP contribution in [-0.4, -0.2) is 23.1 Å². The first kappa shape index (κ1) is 21.4. The van der Waals surface area contributed by atoms with Crippen LogP contribution < -0.4 is 0 Å². The Kier molecular flexibility index (Phi) is 6.94. The van der Waals surface area contributed by atoms with Gasteiger partial charge in [-0.15, -0.1) is 13.2 Å². The topological polar surface area (TPSA) is 68.3 Å². The summed E-state index contributed by atoms with van der Waals surface area (Å²) in [7, 11) is 0. The highest BCUT2D eigenvalue weighted by atomic mass is 16.2. The molecule has 0 aromatic carbocycles. The van der Waals surface area contributed by atoms with Crippen LogP contribution >= 0.6 is 0 Å². The van der Waals surface area contributed by atoms with Gasteiger partial charge < -0.3 is 0 Å². The number of hydrogen-bond acceptors (Lipinski definition) is 4. The number of carbonyl (C=O) groups is 4. The molecule has 4 aliphatic carbocycles. The molecule has 4 rings (SSSR count). The molecule has 0 aromatic rings. The van der Waals surface area contributed by atoms with E-state index in [1.807, 2.05) is 18.2 Å². The van der Waals surface area contributed by atoms with Gasteiger partial charge in [-0.25, -0.2) is 0 Å². The maximum Gasteiger partial charge on any atom is 0.144 e. The average Bonchev–Trinajstić information content (AvgIpc) is 3.17. The van der Waals surface area contributed by atoms with Gasteiger partial charge in [-0.3, -0.25) is 19.2 Å². The van der Waals surface area contributed by atoms with Crippen molar-refractivity contribution in [2.45, 2.75) is 44.9 Å². The number of allylic oxidation sites excluding steroid dienone is 6. The molecule has 0 radical (unpaired) electrons. The predicted molar refractivity (Wildman–Crippen MR) is 112 cm³/mol. The molecule has 0 heterocycles. The first-order chi connectivity index (χ1) is 14.0. The summed E-state index contributed by atoms with van der Waals surface area (Å²) in [4.78, 5) is 46.4. The van der Waals surface area contributed by atoms with E-state index in [2.05, 4.69) is 31.4 Å². The van der Waals surface area contributed by atoms with E-state index in [9.17, 15) is 19.2 Å². The van der Waals surface area contributed by atoms with Crippen molar-refractivity contribution in [1.82, 2.24) is 0 Å². The monoisotopic (exact) mass is 394 g/mol. The van der Waals surface area contributed by atoms with Crippen LogP contribution in [0.15, 0.2) is 49.6 Å². The number of ketones is 4. The largest absolute Gasteiger partial charge is 0.299 e. The minimum Gasteiger partial charge on any atom is -0.299 e. The summed E-state index contributed by atoms with van der Waals surface area (Å²) in [6.45, 7) is 7.37. The SMILES string of the molecule is C=CCC1C=CCC2C(=O)CC(=O)C12.C=CCCC1C=CCC2C(=O)CC(=O)C12. The highest BCUT2D eigenvalue weighted by Gasteiger charge is 2.46. The fourth-order valence-electron chi connectivity index (χ4n) is 5.36. The lowest BCUT2D eigenvalue weighted by Gasteiger charge is -2.27. The Morgan fingerprint density at radius 3 is 1.79 bits per heavy atom. The van der Waals surface area contributed by atoms with Gasteiger partial charge in [-0.2, -0.15) is 0 Å². The third-order valence-corrected chi connectivity index (χ3v) is 6.75. The van der Waals surface area contributed by atoms with Crippen LogP contribution in [-0.2, 0) is 19.2 Å². The fourth-order valence-corrected chi connectivity index (χ4v) is 5.36. The van der Waals surface area contributed by atoms with Gasteiger partial charge in [0.1, 0.15) is 23.1 Å². The third kappa shape index (κ3) is 4.47. The quantitative estimate of drug-likeness (QED) is 0.517. The van der Waals surface area contributed by atoms with Gasteiger partial charge in [0.2, 0.25) is 0 Å². The molecule has 0 amide bonds. The first-order valence-electron chi connectivity index (χ1n) is 10.6. The Balaban J connectivity index is 0.000000166. The van der Waals surface area contributed by atoms with Gasteiger partial charge in [-0.05, 0) is 43.9 Å². The third-order valence-electron chi connectivity index (χ3n) is 6.75. The van der Waals surface area contributed by atoms with Crippen molar-refractivity contribution in [3.05, 3.63) is 49.6 Å². The zero-order chi connectivity index (χ0) is 21.0. The van der Waals surface area contributed by atoms with Gasteiger partial charge in [0, 0.05) is 23.7 Å². The highest BCUT2D eigenvalue weighted by molar-refractivity contribution is 6.09. The van der Waals surface area contributed by atoms with Crippen molar-refractivity contribution >= 4 is 23.1 Å². The van der Waals surface area contributed by atoms with Gasteiger partial charge >= 0.3 is 0 Å². The smallest absolute Gasteiger partial charge is 0.144 e. The van der Waals surface area contributed by atoms with Gasteiger partial charge in [-0.1, -0.05) is 36.5 Å². The molecule has 0 spiro atoms. The molecule has 0 saturated heterocycles. The van der Waals surface area contributed by atoms with Crippen LogP contribution in [0.25, 0.3) is 0 Å². The second kappa shape index (κ2) is 9.43. The van der Waals surface area contributed by atoms with Gasteiger partial charge in [0.25, 0.3) is 0 Å². The Hall–Kier alpha value is -2.36. The molecule has 6 atom stereocenters. The minimum absolute atomic E-state index is 0.0164. The van der Waals surface area contributed by atoms with E-state index in [1.54, 1.807) is 0 Å². The molecule has 0 aliphatic heterocycles. The van der Waals surface area contributed by atoms with Crippen LogP contribution in [0.5, 0.6) is 0 Å². The fraction of sp³-hybridized carbons (Fsp3) is 0.520. The Labute approximate surface area is 172 Å². The maximum atomic E-state index is 11.7. The molecule has 29 heavy (non-hydrogen) atoms. The molecule has 2 saturated carbocycles. The summed E-state index contributed by atoms with van der Waals surface area (Å²) in [5.41, 5.74) is 0. The second-order valence-electron chi connectivity index (χ2n) is 8.53. The van der Waals surface area contributed by atoms with Gasteiger partial charge in [0.15, 0.2) is 0 Å². The van der Waals surface area contributed by atoms with Crippen LogP contribution in [0.4, 0.5) is 0 Å². The number of hydrogen-bond donors (Lipinski definition) is 0. The molecule has 0 aromatic heterocycles. The second-order valence-corrected chi connectivity index (χ2v) is 8.53. The molecule has 0 N–H and O–H groups in total. The summed E-state index contributed by atoms with van der Waals surface area (Å²) in [5, 5.41) is 0. The highest BCUT2D eigenvalue weighted by Crippen LogP contribution is 2.41. The van der Waals surface area contributed by atoms with Crippen molar-refractivity contribution in [3.63, 3.8) is 0 Å². The molecular weight excluding hydrogens is 364 g/mol. The normalized spacial score (nSPS) is 35.0. The number of fused-ring (bicyclic) bond motifs is 2. The lowest BCUT2D eigenvalue weighted by molar-refractivity contribution is -0.124. The van der Waals surface area contributed by atoms with E-state index in [-0.39, 0.29) is 71.5 Å². The Morgan fingerprint density at radius 1 is 0.759 bits per heavy atom. The summed E-state index contributed by atoms with van der Waals surface area (Å²) >= 11 is 0. The van der Waals surface area contributed by atoms with E-state index in [0.29, 0.717) is 0 Å². The van der Waals surface area contributed by atoms with E-state index in [0.717, 1.165) is 32.1 Å². The number of Topliss-reactive ketones (excluding diaryl/α,β-unsaturated/α-hetero) is 4. The zero-order valence-corrected chi connectivity index (χ0v) is 16.9. The van der Waals surface area contributed by atoms with Crippen molar-refractivity contribution in [2.75, 3.05) is 0 Å². The maximum absolute atomic E-state index is 11.7. The summed E-state index contributed by atoms with van der Waals surface area (Å²) in [6.07, 6.45) is 16.5. The van der Waals surface area contributed by atoms with E-state index >= 15 is 0 Å². The Bertz CT molecular complexity index is 772. The average molecular weight is 395 g/mol. The van der Waals surface area contributed by atoms with E-state index in [4.69, 9.17) is 0 Å². The molecule has 6 unspecified atom stereocenters. The lowest BCUT2D eigenvalue weighted by Crippen LogP contribution is -2.27. The van der Waals surface area contributed by atoms with Gasteiger partial charge in [0.05, 0.1) is 12.8 Å². The van der Waals surface area contributed by atoms with E-state index in [1.165, 1.54) is 0 Å². The summed E-state index contributed by atoms with van der Waals surface area (Å²) in [6, 6.07) is 0. The summed E-state index contributed by atoms with van der Waals surface area (Å²) in [5.74, 6) is 0.935. The number of rotatable bonds is 5. The molecule has 154 valence electrons. The first-order valence-corrected chi connectivity index (χ1v) is 10.6. The van der Waals surface area contributed by atoms with Crippen LogP contribution in [0, 0.1) is 35.5 Å². The van der Waals surface area contributed by atoms with E-state index < -0.39 is 0 Å². The molecule has 4 heteroatoms. The van der Waals surface area contributed by atoms with Crippen LogP contribution in [0.3, 0.4) is 0 Å². The Morgan fingerprint density at radius 2 is 1.28 bits per heavy atom. The van der Waals surface area contributed by atoms with Crippen molar-refractivity contribution in [3.8, 4) is 0 Å². The molecule has 4 nitrogen and oxygen atoms in total. The lowest BCUT2D eigenvalue weighted by atomic mass is 9.75. The number of carbonyl (C=O) groups excluding carboxylic acids is 4.